The highest BCUT2D eigenvalue weighted by Crippen LogP contribution is 2.21. The van der Waals surface area contributed by atoms with Crippen molar-refractivity contribution in [3.05, 3.63) is 59.7 Å². The summed E-state index contributed by atoms with van der Waals surface area (Å²) in [6.07, 6.45) is 1.62. The van der Waals surface area contributed by atoms with Gasteiger partial charge in [0.1, 0.15) is 17.3 Å². The van der Waals surface area contributed by atoms with Crippen molar-refractivity contribution in [1.29, 1.82) is 0 Å². The molecule has 0 spiro atoms. The number of nitrogens with one attached hydrogen (secondary N) is 1. The number of rotatable bonds is 6. The molecule has 2 aromatic rings. The molecule has 7 nitrogen and oxygen atoms in total. The van der Waals surface area contributed by atoms with Gasteiger partial charge >= 0.3 is 5.97 Å². The van der Waals surface area contributed by atoms with Crippen LogP contribution in [-0.2, 0) is 19.6 Å². The van der Waals surface area contributed by atoms with E-state index >= 15 is 0 Å². The van der Waals surface area contributed by atoms with Gasteiger partial charge in [-0.05, 0) is 49.2 Å². The fourth-order valence-electron chi connectivity index (χ4n) is 2.85. The zero-order valence-electron chi connectivity index (χ0n) is 15.2. The molecule has 1 N–H and O–H groups in total. The maximum absolute atomic E-state index is 13.5. The first kappa shape index (κ1) is 20.9. The number of esters is 1. The molecule has 10 heteroatoms. The van der Waals surface area contributed by atoms with E-state index < -0.39 is 45.8 Å². The van der Waals surface area contributed by atoms with Crippen LogP contribution in [-0.4, -0.2) is 44.3 Å². The molecule has 0 radical (unpaired) electrons. The Morgan fingerprint density at radius 1 is 1.00 bits per heavy atom. The van der Waals surface area contributed by atoms with Crippen molar-refractivity contribution < 1.29 is 31.5 Å². The lowest BCUT2D eigenvalue weighted by Crippen LogP contribution is -2.27. The van der Waals surface area contributed by atoms with Crippen molar-refractivity contribution in [2.45, 2.75) is 17.7 Å². The Morgan fingerprint density at radius 3 is 2.17 bits per heavy atom. The van der Waals surface area contributed by atoms with Crippen LogP contribution < -0.4 is 5.32 Å². The normalized spacial score (nSPS) is 14.6. The van der Waals surface area contributed by atoms with Gasteiger partial charge in [0, 0.05) is 13.1 Å². The summed E-state index contributed by atoms with van der Waals surface area (Å²) in [4.78, 5) is 23.9. The summed E-state index contributed by atoms with van der Waals surface area (Å²) < 4.78 is 58.1. The molecule has 1 aliphatic heterocycles. The van der Waals surface area contributed by atoms with E-state index in [1.807, 2.05) is 5.32 Å². The molecule has 0 atom stereocenters. The van der Waals surface area contributed by atoms with Crippen molar-refractivity contribution in [2.24, 2.45) is 0 Å². The Morgan fingerprint density at radius 2 is 1.59 bits per heavy atom. The van der Waals surface area contributed by atoms with Crippen LogP contribution in [0.5, 0.6) is 0 Å². The molecule has 1 heterocycles. The summed E-state index contributed by atoms with van der Waals surface area (Å²) >= 11 is 0. The zero-order valence-corrected chi connectivity index (χ0v) is 16.0. The van der Waals surface area contributed by atoms with Gasteiger partial charge in [0.25, 0.3) is 5.91 Å². The van der Waals surface area contributed by atoms with Crippen molar-refractivity contribution in [2.75, 3.05) is 25.0 Å². The number of ether oxygens (including phenoxy) is 1. The first-order valence-corrected chi connectivity index (χ1v) is 10.2. The van der Waals surface area contributed by atoms with Gasteiger partial charge < -0.3 is 10.1 Å². The second-order valence-corrected chi connectivity index (χ2v) is 8.29. The molecular weight excluding hydrogens is 406 g/mol. The molecule has 2 aromatic carbocycles. The molecule has 1 aliphatic rings. The highest BCUT2D eigenvalue weighted by atomic mass is 32.2. The van der Waals surface area contributed by atoms with Gasteiger partial charge in [-0.15, -0.1) is 0 Å². The quantitative estimate of drug-likeness (QED) is 0.720. The van der Waals surface area contributed by atoms with Crippen LogP contribution in [0, 0.1) is 11.6 Å². The number of para-hydroxylation sites is 1. The van der Waals surface area contributed by atoms with Crippen molar-refractivity contribution in [3.8, 4) is 0 Å². The van der Waals surface area contributed by atoms with Gasteiger partial charge in [-0.3, -0.25) is 4.79 Å². The molecule has 29 heavy (non-hydrogen) atoms. The van der Waals surface area contributed by atoms with E-state index in [2.05, 4.69) is 0 Å². The molecule has 0 saturated carbocycles. The number of anilines is 1. The van der Waals surface area contributed by atoms with Gasteiger partial charge in [0.2, 0.25) is 10.0 Å². The van der Waals surface area contributed by atoms with Gasteiger partial charge in [0.15, 0.2) is 6.61 Å². The number of benzene rings is 2. The van der Waals surface area contributed by atoms with E-state index in [4.69, 9.17) is 4.74 Å². The molecule has 154 valence electrons. The van der Waals surface area contributed by atoms with E-state index in [9.17, 15) is 26.8 Å². The fourth-order valence-corrected chi connectivity index (χ4v) is 4.36. The van der Waals surface area contributed by atoms with Crippen LogP contribution in [0.25, 0.3) is 0 Å². The van der Waals surface area contributed by atoms with Gasteiger partial charge in [-0.25, -0.2) is 22.0 Å². The highest BCUT2D eigenvalue weighted by molar-refractivity contribution is 7.89. The van der Waals surface area contributed by atoms with Gasteiger partial charge in [-0.2, -0.15) is 4.31 Å². The van der Waals surface area contributed by atoms with Crippen LogP contribution in [0.15, 0.2) is 47.4 Å². The standard InChI is InChI=1S/C19H18F2N2O5S/c20-15-4-3-5-16(21)18(15)22-17(24)12-28-19(25)13-6-8-14(9-7-13)29(26,27)23-10-1-2-11-23/h3-9H,1-2,10-12H2,(H,22,24). The number of nitrogens with zero attached hydrogens (tertiary/aromatic N) is 1. The summed E-state index contributed by atoms with van der Waals surface area (Å²) in [5.74, 6) is -3.71. The van der Waals surface area contributed by atoms with Gasteiger partial charge in [-0.1, -0.05) is 6.07 Å². The van der Waals surface area contributed by atoms with Crippen LogP contribution in [0.1, 0.15) is 23.2 Å². The summed E-state index contributed by atoms with van der Waals surface area (Å²) in [6.45, 7) is 0.161. The average Bonchev–Trinajstić information content (AvgIpc) is 3.25. The summed E-state index contributed by atoms with van der Waals surface area (Å²) in [7, 11) is -3.60. The predicted molar refractivity (Wildman–Crippen MR) is 99.7 cm³/mol. The minimum Gasteiger partial charge on any atom is -0.452 e. The highest BCUT2D eigenvalue weighted by Gasteiger charge is 2.27. The minimum atomic E-state index is -3.60. The first-order valence-electron chi connectivity index (χ1n) is 8.80. The van der Waals surface area contributed by atoms with E-state index in [0.717, 1.165) is 31.0 Å². The largest absolute Gasteiger partial charge is 0.452 e. The number of amides is 1. The molecule has 0 bridgehead atoms. The smallest absolute Gasteiger partial charge is 0.338 e. The maximum Gasteiger partial charge on any atom is 0.338 e. The third kappa shape index (κ3) is 4.77. The lowest BCUT2D eigenvalue weighted by Gasteiger charge is -2.15. The molecule has 0 unspecified atom stereocenters. The van der Waals surface area contributed by atoms with Crippen molar-refractivity contribution in [1.82, 2.24) is 4.31 Å². The van der Waals surface area contributed by atoms with Crippen LogP contribution >= 0.6 is 0 Å². The number of hydrogen-bond acceptors (Lipinski definition) is 5. The summed E-state index contributed by atoms with van der Waals surface area (Å²) in [6, 6.07) is 8.23. The third-order valence-corrected chi connectivity index (χ3v) is 6.27. The first-order chi connectivity index (χ1) is 13.8. The Hall–Kier alpha value is -2.85. The number of carbonyl (C=O) groups is 2. The molecule has 1 saturated heterocycles. The lowest BCUT2D eigenvalue weighted by molar-refractivity contribution is -0.119. The SMILES string of the molecule is O=C(COC(=O)c1ccc(S(=O)(=O)N2CCCC2)cc1)Nc1c(F)cccc1F. The van der Waals surface area contributed by atoms with Gasteiger partial charge in [0.05, 0.1) is 10.5 Å². The second kappa shape index (κ2) is 8.66. The monoisotopic (exact) mass is 424 g/mol. The number of hydrogen-bond donors (Lipinski definition) is 1. The Labute approximate surface area is 166 Å². The number of carbonyl (C=O) groups excluding carboxylic acids is 2. The van der Waals surface area contributed by atoms with Crippen molar-refractivity contribution >= 4 is 27.6 Å². The molecular formula is C19H18F2N2O5S. The average molecular weight is 424 g/mol. The summed E-state index contributed by atoms with van der Waals surface area (Å²) in [5.41, 5.74) is -0.597. The Balaban J connectivity index is 1.59. The van der Waals surface area contributed by atoms with E-state index in [1.54, 1.807) is 0 Å². The molecule has 1 amide bonds. The molecule has 0 aromatic heterocycles. The second-order valence-electron chi connectivity index (χ2n) is 6.36. The Bertz CT molecular complexity index is 999. The minimum absolute atomic E-state index is 0.0373. The molecule has 3 rings (SSSR count). The third-order valence-electron chi connectivity index (χ3n) is 4.35. The zero-order chi connectivity index (χ0) is 21.0. The van der Waals surface area contributed by atoms with Crippen LogP contribution in [0.4, 0.5) is 14.5 Å². The van der Waals surface area contributed by atoms with Crippen LogP contribution in [0.2, 0.25) is 0 Å². The predicted octanol–water partition coefficient (Wildman–Crippen LogP) is 2.54. The number of halogens is 2. The van der Waals surface area contributed by atoms with Crippen molar-refractivity contribution in [3.63, 3.8) is 0 Å². The molecule has 0 aliphatic carbocycles. The topological polar surface area (TPSA) is 92.8 Å². The summed E-state index contributed by atoms with van der Waals surface area (Å²) in [5, 5.41) is 1.99. The van der Waals surface area contributed by atoms with E-state index in [0.29, 0.717) is 13.1 Å². The fraction of sp³-hybridized carbons (Fsp3) is 0.263. The lowest BCUT2D eigenvalue weighted by atomic mass is 10.2. The van der Waals surface area contributed by atoms with E-state index in [-0.39, 0.29) is 10.5 Å². The Kier molecular flexibility index (Phi) is 6.23. The maximum atomic E-state index is 13.5. The molecule has 1 fully saturated rings. The van der Waals surface area contributed by atoms with E-state index in [1.165, 1.54) is 28.6 Å². The number of sulfonamides is 1. The van der Waals surface area contributed by atoms with Crippen LogP contribution in [0.3, 0.4) is 0 Å².